The fourth-order valence-electron chi connectivity index (χ4n) is 3.34. The van der Waals surface area contributed by atoms with E-state index in [1.165, 1.54) is 0 Å². The molecule has 2 unspecified atom stereocenters. The molecule has 1 aliphatic heterocycles. The molecule has 3 heterocycles. The van der Waals surface area contributed by atoms with Crippen LogP contribution >= 0.6 is 7.82 Å². The second kappa shape index (κ2) is 8.13. The average Bonchev–Trinajstić information content (AvgIpc) is 3.25. The standard InChI is InChI=1S/C17H18N3O10P/c21-13-5-6-19(16-15(23)14(22)12(29-16)8-28-31(25,26)27)17(24)20(13)7-10-9-3-1-2-4-11(9)30-18-10/h1-6,12,14-16,22-23H,7-8H2,(H2,25,26,27)/t12-,14?,15?,16-/m1/s1. The molecule has 1 saturated heterocycles. The monoisotopic (exact) mass is 455 g/mol. The number of benzene rings is 1. The number of para-hydroxylation sites is 1. The van der Waals surface area contributed by atoms with Crippen molar-refractivity contribution in [1.29, 1.82) is 0 Å². The van der Waals surface area contributed by atoms with Crippen molar-refractivity contribution in [3.63, 3.8) is 0 Å². The highest BCUT2D eigenvalue weighted by Crippen LogP contribution is 2.38. The van der Waals surface area contributed by atoms with Crippen molar-refractivity contribution in [2.75, 3.05) is 6.61 Å². The lowest BCUT2D eigenvalue weighted by Crippen LogP contribution is -2.43. The van der Waals surface area contributed by atoms with E-state index in [9.17, 15) is 24.4 Å². The lowest BCUT2D eigenvalue weighted by atomic mass is 10.1. The van der Waals surface area contributed by atoms with E-state index in [0.29, 0.717) is 16.7 Å². The summed E-state index contributed by atoms with van der Waals surface area (Å²) in [5.74, 6) is 0. The van der Waals surface area contributed by atoms with Gasteiger partial charge in [0.15, 0.2) is 11.8 Å². The maximum Gasteiger partial charge on any atom is 0.469 e. The van der Waals surface area contributed by atoms with E-state index in [1.807, 2.05) is 0 Å². The Morgan fingerprint density at radius 1 is 1.13 bits per heavy atom. The van der Waals surface area contributed by atoms with Crippen molar-refractivity contribution < 1.29 is 38.3 Å². The molecule has 1 aliphatic rings. The second-order valence-electron chi connectivity index (χ2n) is 6.89. The molecular formula is C17H18N3O10P. The van der Waals surface area contributed by atoms with Crippen molar-refractivity contribution in [3.8, 4) is 0 Å². The predicted octanol–water partition coefficient (Wildman–Crippen LogP) is -1.07. The van der Waals surface area contributed by atoms with Crippen LogP contribution in [0.3, 0.4) is 0 Å². The van der Waals surface area contributed by atoms with Crippen LogP contribution < -0.4 is 11.2 Å². The number of aromatic nitrogens is 3. The van der Waals surface area contributed by atoms with Gasteiger partial charge in [0.05, 0.1) is 13.2 Å². The lowest BCUT2D eigenvalue weighted by Gasteiger charge is -2.18. The number of rotatable bonds is 6. The molecule has 1 aromatic carbocycles. The van der Waals surface area contributed by atoms with Gasteiger partial charge in [-0.1, -0.05) is 17.3 Å². The molecule has 14 heteroatoms. The first-order valence-corrected chi connectivity index (χ1v) is 10.6. The van der Waals surface area contributed by atoms with Gasteiger partial charge in [-0.15, -0.1) is 0 Å². The van der Waals surface area contributed by atoms with E-state index in [2.05, 4.69) is 9.68 Å². The van der Waals surface area contributed by atoms with Crippen LogP contribution in [-0.4, -0.2) is 59.2 Å². The van der Waals surface area contributed by atoms with Crippen LogP contribution in [0.4, 0.5) is 0 Å². The van der Waals surface area contributed by atoms with Crippen LogP contribution in [-0.2, 0) is 20.4 Å². The van der Waals surface area contributed by atoms with Gasteiger partial charge >= 0.3 is 13.5 Å². The van der Waals surface area contributed by atoms with Crippen LogP contribution in [0.25, 0.3) is 11.0 Å². The minimum absolute atomic E-state index is 0.217. The van der Waals surface area contributed by atoms with Gasteiger partial charge in [-0.05, 0) is 12.1 Å². The smallest absolute Gasteiger partial charge is 0.387 e. The molecule has 2 aromatic heterocycles. The van der Waals surface area contributed by atoms with Crippen LogP contribution in [0.15, 0.2) is 50.6 Å². The summed E-state index contributed by atoms with van der Waals surface area (Å²) >= 11 is 0. The summed E-state index contributed by atoms with van der Waals surface area (Å²) in [4.78, 5) is 42.9. The molecule has 0 radical (unpaired) electrons. The number of hydrogen-bond donors (Lipinski definition) is 4. The van der Waals surface area contributed by atoms with Crippen LogP contribution in [0.2, 0.25) is 0 Å². The van der Waals surface area contributed by atoms with Crippen LogP contribution in [0.1, 0.15) is 11.9 Å². The van der Waals surface area contributed by atoms with Crippen molar-refractivity contribution in [3.05, 3.63) is 63.1 Å². The van der Waals surface area contributed by atoms with Gasteiger partial charge in [0.2, 0.25) is 0 Å². The normalized spacial score (nSPS) is 24.1. The minimum atomic E-state index is -4.84. The van der Waals surface area contributed by atoms with Gasteiger partial charge in [0.1, 0.15) is 24.0 Å². The fraction of sp³-hybridized carbons (Fsp3) is 0.353. The van der Waals surface area contributed by atoms with Crippen molar-refractivity contribution in [1.82, 2.24) is 14.3 Å². The van der Waals surface area contributed by atoms with E-state index in [-0.39, 0.29) is 6.54 Å². The molecule has 0 spiro atoms. The number of fused-ring (bicyclic) bond motifs is 1. The summed E-state index contributed by atoms with van der Waals surface area (Å²) < 4.78 is 27.5. The molecular weight excluding hydrogens is 437 g/mol. The Morgan fingerprint density at radius 3 is 2.61 bits per heavy atom. The summed E-state index contributed by atoms with van der Waals surface area (Å²) in [6.07, 6.45) is -4.87. The highest BCUT2D eigenvalue weighted by Gasteiger charge is 2.45. The van der Waals surface area contributed by atoms with Crippen molar-refractivity contribution >= 4 is 18.8 Å². The van der Waals surface area contributed by atoms with Crippen LogP contribution in [0, 0.1) is 0 Å². The Morgan fingerprint density at radius 2 is 1.87 bits per heavy atom. The van der Waals surface area contributed by atoms with E-state index >= 15 is 0 Å². The molecule has 3 aromatic rings. The zero-order valence-electron chi connectivity index (χ0n) is 15.7. The molecule has 4 rings (SSSR count). The molecule has 0 bridgehead atoms. The molecule has 166 valence electrons. The highest BCUT2D eigenvalue weighted by molar-refractivity contribution is 7.46. The first-order valence-electron chi connectivity index (χ1n) is 9.02. The number of aliphatic hydroxyl groups excluding tert-OH is 2. The number of ether oxygens (including phenoxy) is 1. The SMILES string of the molecule is O=c1ccn([C@@H]2O[C@H](COP(=O)(O)O)C(O)C2O)c(=O)n1Cc1noc2ccccc12. The number of nitrogens with zero attached hydrogens (tertiary/aromatic N) is 3. The fourth-order valence-corrected chi connectivity index (χ4v) is 3.68. The summed E-state index contributed by atoms with van der Waals surface area (Å²) in [6.45, 7) is -0.941. The van der Waals surface area contributed by atoms with Gasteiger partial charge in [-0.25, -0.2) is 9.36 Å². The zero-order chi connectivity index (χ0) is 22.3. The topological polar surface area (TPSA) is 186 Å². The van der Waals surface area contributed by atoms with Gasteiger partial charge in [0.25, 0.3) is 5.56 Å². The van der Waals surface area contributed by atoms with Crippen LogP contribution in [0.5, 0.6) is 0 Å². The van der Waals surface area contributed by atoms with E-state index in [4.69, 9.17) is 19.0 Å². The van der Waals surface area contributed by atoms with Gasteiger partial charge in [-0.2, -0.15) is 0 Å². The average molecular weight is 455 g/mol. The minimum Gasteiger partial charge on any atom is -0.387 e. The van der Waals surface area contributed by atoms with Gasteiger partial charge < -0.3 is 29.3 Å². The molecule has 13 nitrogen and oxygen atoms in total. The first-order chi connectivity index (χ1) is 14.7. The second-order valence-corrected chi connectivity index (χ2v) is 8.13. The number of aliphatic hydroxyl groups is 2. The quantitative estimate of drug-likeness (QED) is 0.332. The molecule has 0 amide bonds. The van der Waals surface area contributed by atoms with Gasteiger partial charge in [0, 0.05) is 17.6 Å². The third-order valence-corrected chi connectivity index (χ3v) is 5.36. The maximum absolute atomic E-state index is 13.0. The van der Waals surface area contributed by atoms with Crippen molar-refractivity contribution in [2.45, 2.75) is 31.1 Å². The summed E-state index contributed by atoms with van der Waals surface area (Å²) in [5.41, 5.74) is -0.670. The molecule has 4 atom stereocenters. The van der Waals surface area contributed by atoms with Gasteiger partial charge in [-0.3, -0.25) is 18.5 Å². The summed E-state index contributed by atoms with van der Waals surface area (Å²) in [6, 6.07) is 7.97. The lowest BCUT2D eigenvalue weighted by molar-refractivity contribution is -0.0548. The Labute approximate surface area is 172 Å². The summed E-state index contributed by atoms with van der Waals surface area (Å²) in [7, 11) is -4.84. The van der Waals surface area contributed by atoms with E-state index < -0.39 is 50.2 Å². The summed E-state index contributed by atoms with van der Waals surface area (Å²) in [5, 5.41) is 24.9. The number of hydrogen-bond acceptors (Lipinski definition) is 9. The molecule has 1 fully saturated rings. The van der Waals surface area contributed by atoms with E-state index in [1.54, 1.807) is 24.3 Å². The Kier molecular flexibility index (Phi) is 5.66. The largest absolute Gasteiger partial charge is 0.469 e. The molecule has 31 heavy (non-hydrogen) atoms. The highest BCUT2D eigenvalue weighted by atomic mass is 31.2. The zero-order valence-corrected chi connectivity index (χ0v) is 16.6. The molecule has 0 aliphatic carbocycles. The third-order valence-electron chi connectivity index (χ3n) is 4.87. The molecule has 0 saturated carbocycles. The third kappa shape index (κ3) is 4.25. The Hall–Kier alpha value is -2.64. The van der Waals surface area contributed by atoms with E-state index in [0.717, 1.165) is 21.4 Å². The molecule has 4 N–H and O–H groups in total. The Bertz CT molecular complexity index is 1260. The first kappa shape index (κ1) is 21.6. The number of phosphoric acid groups is 1. The number of phosphoric ester groups is 1. The Balaban J connectivity index is 1.64. The van der Waals surface area contributed by atoms with Crippen molar-refractivity contribution in [2.24, 2.45) is 0 Å². The maximum atomic E-state index is 13.0. The predicted molar refractivity (Wildman–Crippen MR) is 102 cm³/mol.